The Morgan fingerprint density at radius 3 is 1.59 bits per heavy atom. The molecule has 4 atom stereocenters. The van der Waals surface area contributed by atoms with Crippen LogP contribution in [0, 0.1) is 0 Å². The molecule has 1 saturated heterocycles. The topological polar surface area (TPSA) is 18.5 Å². The van der Waals surface area contributed by atoms with Gasteiger partial charge in [0.15, 0.2) is 0 Å². The Morgan fingerprint density at radius 2 is 1.22 bits per heavy atom. The molecule has 4 unspecified atom stereocenters. The normalized spacial score (nSPS) is 28.8. The van der Waals surface area contributed by atoms with Gasteiger partial charge in [0, 0.05) is 21.0 Å². The highest BCUT2D eigenvalue weighted by Gasteiger charge is 2.37. The van der Waals surface area contributed by atoms with Gasteiger partial charge in [-0.2, -0.15) is 11.8 Å². The van der Waals surface area contributed by atoms with Gasteiger partial charge in [-0.1, -0.05) is 35.7 Å². The van der Waals surface area contributed by atoms with Crippen molar-refractivity contribution in [1.82, 2.24) is 0 Å². The van der Waals surface area contributed by atoms with Crippen LogP contribution in [0.4, 0.5) is 0 Å². The predicted octanol–water partition coefficient (Wildman–Crippen LogP) is 7.00. The van der Waals surface area contributed by atoms with Gasteiger partial charge in [-0.15, -0.1) is 0 Å². The summed E-state index contributed by atoms with van der Waals surface area (Å²) in [5, 5.41) is 2.34. The van der Waals surface area contributed by atoms with Crippen LogP contribution in [0.15, 0.2) is 12.2 Å². The molecule has 2 heterocycles. The Balaban J connectivity index is 2.02. The number of thiocarbonyl (C=S) groups is 2. The first-order valence-electron chi connectivity index (χ1n) is 9.90. The summed E-state index contributed by atoms with van der Waals surface area (Å²) in [6, 6.07) is 0. The molecule has 0 saturated carbocycles. The Bertz CT molecular complexity index is 477. The predicted molar refractivity (Wildman–Crippen MR) is 132 cm³/mol. The molecule has 154 valence electrons. The zero-order valence-corrected chi connectivity index (χ0v) is 20.8. The Morgan fingerprint density at radius 1 is 0.815 bits per heavy atom. The second kappa shape index (κ2) is 12.3. The molecule has 0 N–H and O–H groups in total. The van der Waals surface area contributed by atoms with E-state index in [-0.39, 0.29) is 12.2 Å². The number of fused-ring (bicyclic) bond motifs is 2. The molecule has 7 heteroatoms. The van der Waals surface area contributed by atoms with Crippen molar-refractivity contribution in [3.05, 3.63) is 12.2 Å². The number of hydrogen-bond donors (Lipinski definition) is 0. The lowest BCUT2D eigenvalue weighted by Crippen LogP contribution is -2.23. The number of thioether (sulfide) groups is 3. The molecule has 0 aliphatic carbocycles. The lowest BCUT2D eigenvalue weighted by atomic mass is 10.0. The van der Waals surface area contributed by atoms with Gasteiger partial charge in [0.25, 0.3) is 0 Å². The molecule has 0 aromatic heterocycles. The summed E-state index contributed by atoms with van der Waals surface area (Å²) in [6.45, 7) is 8.16. The van der Waals surface area contributed by atoms with E-state index in [1.54, 1.807) is 23.5 Å². The first-order valence-corrected chi connectivity index (χ1v) is 13.4. The molecule has 2 nitrogen and oxygen atoms in total. The summed E-state index contributed by atoms with van der Waals surface area (Å²) in [4.78, 5) is 0. The van der Waals surface area contributed by atoms with Gasteiger partial charge in [0.2, 0.25) is 8.77 Å². The number of allylic oxidation sites excluding steroid dienone is 2. The number of hydrogen-bond acceptors (Lipinski definition) is 7. The van der Waals surface area contributed by atoms with E-state index >= 15 is 0 Å². The average molecular weight is 465 g/mol. The quantitative estimate of drug-likeness (QED) is 0.325. The minimum absolute atomic E-state index is 0.152. The lowest BCUT2D eigenvalue weighted by Gasteiger charge is -2.25. The third-order valence-electron chi connectivity index (χ3n) is 4.48. The van der Waals surface area contributed by atoms with E-state index in [0.717, 1.165) is 12.8 Å². The van der Waals surface area contributed by atoms with E-state index in [1.807, 2.05) is 27.7 Å². The minimum atomic E-state index is 0.152. The van der Waals surface area contributed by atoms with Crippen molar-refractivity contribution in [1.29, 1.82) is 0 Å². The van der Waals surface area contributed by atoms with E-state index in [1.165, 1.54) is 25.7 Å². The fourth-order valence-electron chi connectivity index (χ4n) is 3.32. The standard InChI is InChI=1S/C20H32O2S5/c1-13(2)21-19(23)26-15-9-7-5-6-8-10-16(18-12-11-17(15)25-18)27-20(24)22-14(3)4/h5-6,13-18H,7-12H2,1-4H3. The lowest BCUT2D eigenvalue weighted by molar-refractivity contribution is 0.242. The largest absolute Gasteiger partial charge is 0.476 e. The highest BCUT2D eigenvalue weighted by molar-refractivity contribution is 8.24. The maximum atomic E-state index is 5.75. The summed E-state index contributed by atoms with van der Waals surface area (Å²) < 4.78 is 12.9. The van der Waals surface area contributed by atoms with E-state index in [2.05, 4.69) is 23.9 Å². The van der Waals surface area contributed by atoms with Crippen LogP contribution in [-0.4, -0.2) is 42.0 Å². The first kappa shape index (κ1) is 23.8. The Hall–Kier alpha value is 0.570. The van der Waals surface area contributed by atoms with E-state index in [4.69, 9.17) is 33.9 Å². The summed E-state index contributed by atoms with van der Waals surface area (Å²) in [5.74, 6) is 0. The number of rotatable bonds is 4. The van der Waals surface area contributed by atoms with Gasteiger partial charge >= 0.3 is 0 Å². The molecule has 2 rings (SSSR count). The molecule has 2 aliphatic heterocycles. The molecular formula is C20H32O2S5. The van der Waals surface area contributed by atoms with Crippen LogP contribution in [0.3, 0.4) is 0 Å². The fraction of sp³-hybridized carbons (Fsp3) is 0.800. The summed E-state index contributed by atoms with van der Waals surface area (Å²) >= 11 is 16.7. The van der Waals surface area contributed by atoms with Gasteiger partial charge in [-0.05, 0) is 90.7 Å². The first-order chi connectivity index (χ1) is 12.8. The van der Waals surface area contributed by atoms with Crippen molar-refractivity contribution < 1.29 is 9.47 Å². The van der Waals surface area contributed by atoms with Crippen molar-refractivity contribution in [3.63, 3.8) is 0 Å². The molecule has 27 heavy (non-hydrogen) atoms. The van der Waals surface area contributed by atoms with Crippen LogP contribution in [0.1, 0.15) is 66.2 Å². The SMILES string of the molecule is CC(C)OC(=S)SC1CCC=CCCC(SC(=S)OC(C)C)C2CCC1S2. The van der Waals surface area contributed by atoms with Crippen molar-refractivity contribution in [2.75, 3.05) is 0 Å². The molecule has 2 bridgehead atoms. The highest BCUT2D eigenvalue weighted by atomic mass is 32.2. The molecule has 2 aliphatic rings. The second-order valence-electron chi connectivity index (χ2n) is 7.56. The van der Waals surface area contributed by atoms with Crippen molar-refractivity contribution in [2.24, 2.45) is 0 Å². The monoisotopic (exact) mass is 464 g/mol. The third-order valence-corrected chi connectivity index (χ3v) is 9.73. The highest BCUT2D eigenvalue weighted by Crippen LogP contribution is 2.46. The van der Waals surface area contributed by atoms with Crippen LogP contribution >= 0.6 is 59.7 Å². The van der Waals surface area contributed by atoms with Crippen LogP contribution in [0.25, 0.3) is 0 Å². The molecule has 1 fully saturated rings. The Kier molecular flexibility index (Phi) is 10.9. The third kappa shape index (κ3) is 8.85. The molecule has 0 aromatic rings. The molecule has 0 amide bonds. The van der Waals surface area contributed by atoms with Crippen molar-refractivity contribution in [3.8, 4) is 0 Å². The second-order valence-corrected chi connectivity index (χ2v) is 12.7. The zero-order chi connectivity index (χ0) is 19.8. The minimum Gasteiger partial charge on any atom is -0.476 e. The van der Waals surface area contributed by atoms with Crippen LogP contribution in [-0.2, 0) is 9.47 Å². The maximum Gasteiger partial charge on any atom is 0.220 e. The van der Waals surface area contributed by atoms with Crippen LogP contribution in [0.5, 0.6) is 0 Å². The van der Waals surface area contributed by atoms with Crippen LogP contribution in [0.2, 0.25) is 0 Å². The fourth-order valence-corrected chi connectivity index (χ4v) is 8.86. The zero-order valence-electron chi connectivity index (χ0n) is 16.7. The van der Waals surface area contributed by atoms with Gasteiger partial charge in [0.05, 0.1) is 12.2 Å². The molecular weight excluding hydrogens is 433 g/mol. The molecule has 0 radical (unpaired) electrons. The molecule has 0 aromatic carbocycles. The van der Waals surface area contributed by atoms with Gasteiger partial charge in [0.1, 0.15) is 0 Å². The van der Waals surface area contributed by atoms with E-state index in [0.29, 0.717) is 29.8 Å². The maximum absolute atomic E-state index is 5.75. The smallest absolute Gasteiger partial charge is 0.220 e. The van der Waals surface area contributed by atoms with Crippen molar-refractivity contribution in [2.45, 2.75) is 99.4 Å². The van der Waals surface area contributed by atoms with Gasteiger partial charge < -0.3 is 9.47 Å². The van der Waals surface area contributed by atoms with Crippen LogP contribution < -0.4 is 0 Å². The Labute approximate surface area is 188 Å². The van der Waals surface area contributed by atoms with E-state index in [9.17, 15) is 0 Å². The molecule has 0 spiro atoms. The van der Waals surface area contributed by atoms with Crippen molar-refractivity contribution >= 4 is 68.5 Å². The summed E-state index contributed by atoms with van der Waals surface area (Å²) in [5.41, 5.74) is 0. The summed E-state index contributed by atoms with van der Waals surface area (Å²) in [7, 11) is 0. The number of ether oxygens (including phenoxy) is 2. The van der Waals surface area contributed by atoms with E-state index < -0.39 is 0 Å². The average Bonchev–Trinajstić information content (AvgIpc) is 3.02. The van der Waals surface area contributed by atoms with Gasteiger partial charge in [-0.25, -0.2) is 0 Å². The van der Waals surface area contributed by atoms with Gasteiger partial charge in [-0.3, -0.25) is 0 Å². The summed E-state index contributed by atoms with van der Waals surface area (Å²) in [6.07, 6.45) is 12.1.